The zero-order valence-electron chi connectivity index (χ0n) is 11.5. The van der Waals surface area contributed by atoms with Crippen LogP contribution in [0.25, 0.3) is 33.5 Å². The number of hydrogen-bond acceptors (Lipinski definition) is 3. The molecule has 4 nitrogen and oxygen atoms in total. The number of nitrogens with zero attached hydrogens (tertiary/aromatic N) is 3. The van der Waals surface area contributed by atoms with Gasteiger partial charge in [0.05, 0.1) is 11.0 Å². The summed E-state index contributed by atoms with van der Waals surface area (Å²) in [6, 6.07) is 17.3. The van der Waals surface area contributed by atoms with Crippen LogP contribution in [0.15, 0.2) is 54.6 Å². The fourth-order valence-electron chi connectivity index (χ4n) is 2.63. The molecule has 4 heteroatoms. The van der Waals surface area contributed by atoms with Gasteiger partial charge >= 0.3 is 0 Å². The summed E-state index contributed by atoms with van der Waals surface area (Å²) in [5, 5.41) is 10.9. The molecule has 0 spiro atoms. The molecule has 0 aliphatic rings. The lowest BCUT2D eigenvalue weighted by molar-refractivity contribution is 0.480. The molecule has 0 saturated carbocycles. The molecule has 0 atom stereocenters. The summed E-state index contributed by atoms with van der Waals surface area (Å²) in [5.74, 6) is 0.981. The number of pyridine rings is 1. The van der Waals surface area contributed by atoms with Crippen LogP contribution in [0.1, 0.15) is 0 Å². The van der Waals surface area contributed by atoms with Crippen LogP contribution < -0.4 is 0 Å². The maximum absolute atomic E-state index is 9.96. The van der Waals surface area contributed by atoms with Gasteiger partial charge in [0.1, 0.15) is 17.0 Å². The Morgan fingerprint density at radius 2 is 1.76 bits per heavy atom. The van der Waals surface area contributed by atoms with Gasteiger partial charge in [-0.3, -0.25) is 0 Å². The van der Waals surface area contributed by atoms with E-state index in [-0.39, 0.29) is 5.75 Å². The van der Waals surface area contributed by atoms with E-state index in [0.717, 1.165) is 27.9 Å². The topological polar surface area (TPSA) is 50.9 Å². The van der Waals surface area contributed by atoms with Crippen molar-refractivity contribution in [3.63, 3.8) is 0 Å². The largest absolute Gasteiger partial charge is 0.506 e. The van der Waals surface area contributed by atoms with Crippen molar-refractivity contribution in [3.05, 3.63) is 54.6 Å². The van der Waals surface area contributed by atoms with Crippen LogP contribution in [0.3, 0.4) is 0 Å². The number of phenols is 1. The second kappa shape index (κ2) is 4.31. The summed E-state index contributed by atoms with van der Waals surface area (Å²) < 4.78 is 2.02. The van der Waals surface area contributed by atoms with E-state index >= 15 is 0 Å². The standard InChI is InChI=1S/C17H13N3O/c1-20-14-7-3-2-6-12(14)19-17(20)13-10-9-11-5-4-8-15(21)16(11)18-13/h2-10,21H,1H3. The molecule has 2 aromatic heterocycles. The van der Waals surface area contributed by atoms with E-state index in [1.54, 1.807) is 6.07 Å². The molecule has 0 radical (unpaired) electrons. The third kappa shape index (κ3) is 1.76. The Morgan fingerprint density at radius 1 is 0.905 bits per heavy atom. The number of aryl methyl sites for hydroxylation is 1. The van der Waals surface area contributed by atoms with Gasteiger partial charge in [0.15, 0.2) is 5.82 Å². The van der Waals surface area contributed by atoms with Crippen molar-refractivity contribution in [1.29, 1.82) is 0 Å². The van der Waals surface area contributed by atoms with E-state index in [1.807, 2.05) is 60.1 Å². The van der Waals surface area contributed by atoms with Gasteiger partial charge in [0, 0.05) is 12.4 Å². The lowest BCUT2D eigenvalue weighted by Gasteiger charge is -2.05. The molecule has 0 unspecified atom stereocenters. The van der Waals surface area contributed by atoms with Crippen molar-refractivity contribution in [2.24, 2.45) is 7.05 Å². The Kier molecular flexibility index (Phi) is 2.44. The highest BCUT2D eigenvalue weighted by Crippen LogP contribution is 2.27. The van der Waals surface area contributed by atoms with Crippen molar-refractivity contribution in [3.8, 4) is 17.3 Å². The van der Waals surface area contributed by atoms with Gasteiger partial charge in [-0.2, -0.15) is 0 Å². The molecule has 2 heterocycles. The van der Waals surface area contributed by atoms with Crippen molar-refractivity contribution >= 4 is 21.9 Å². The third-order valence-electron chi connectivity index (χ3n) is 3.72. The molecule has 102 valence electrons. The lowest BCUT2D eigenvalue weighted by atomic mass is 10.2. The number of benzene rings is 2. The molecule has 0 saturated heterocycles. The number of phenolic OH excluding ortho intramolecular Hbond substituents is 1. The zero-order chi connectivity index (χ0) is 14.4. The third-order valence-corrected chi connectivity index (χ3v) is 3.72. The molecular formula is C17H13N3O. The predicted molar refractivity (Wildman–Crippen MR) is 83.1 cm³/mol. The monoisotopic (exact) mass is 275 g/mol. The van der Waals surface area contributed by atoms with Crippen LogP contribution in [-0.4, -0.2) is 19.6 Å². The van der Waals surface area contributed by atoms with Crippen LogP contribution in [-0.2, 0) is 7.05 Å². The van der Waals surface area contributed by atoms with Crippen molar-refractivity contribution in [2.45, 2.75) is 0 Å². The molecular weight excluding hydrogens is 262 g/mol. The number of imidazole rings is 1. The first-order valence-electron chi connectivity index (χ1n) is 6.74. The average Bonchev–Trinajstić information content (AvgIpc) is 2.85. The molecule has 4 rings (SSSR count). The van der Waals surface area contributed by atoms with E-state index in [1.165, 1.54) is 0 Å². The first-order valence-corrected chi connectivity index (χ1v) is 6.74. The highest BCUT2D eigenvalue weighted by Gasteiger charge is 2.12. The maximum Gasteiger partial charge on any atom is 0.159 e. The summed E-state index contributed by atoms with van der Waals surface area (Å²) in [7, 11) is 1.97. The summed E-state index contributed by atoms with van der Waals surface area (Å²) in [6.07, 6.45) is 0. The number of aromatic hydroxyl groups is 1. The van der Waals surface area contributed by atoms with Gasteiger partial charge in [-0.15, -0.1) is 0 Å². The van der Waals surface area contributed by atoms with E-state index < -0.39 is 0 Å². The first-order chi connectivity index (χ1) is 10.2. The smallest absolute Gasteiger partial charge is 0.159 e. The maximum atomic E-state index is 9.96. The fourth-order valence-corrected chi connectivity index (χ4v) is 2.63. The van der Waals surface area contributed by atoms with Crippen LogP contribution in [0, 0.1) is 0 Å². The van der Waals surface area contributed by atoms with Crippen LogP contribution in [0.5, 0.6) is 5.75 Å². The molecule has 0 fully saturated rings. The number of rotatable bonds is 1. The highest BCUT2D eigenvalue weighted by molar-refractivity contribution is 5.87. The minimum Gasteiger partial charge on any atom is -0.506 e. The normalized spacial score (nSPS) is 11.3. The van der Waals surface area contributed by atoms with Gasteiger partial charge < -0.3 is 9.67 Å². The summed E-state index contributed by atoms with van der Waals surface area (Å²) in [6.45, 7) is 0. The van der Waals surface area contributed by atoms with Gasteiger partial charge in [0.2, 0.25) is 0 Å². The lowest BCUT2D eigenvalue weighted by Crippen LogP contribution is -1.95. The van der Waals surface area contributed by atoms with Crippen LogP contribution >= 0.6 is 0 Å². The van der Waals surface area contributed by atoms with Crippen molar-refractivity contribution in [1.82, 2.24) is 14.5 Å². The zero-order valence-corrected chi connectivity index (χ0v) is 11.5. The van der Waals surface area contributed by atoms with Gasteiger partial charge in [-0.25, -0.2) is 9.97 Å². The molecule has 4 aromatic rings. The van der Waals surface area contributed by atoms with Crippen LogP contribution in [0.4, 0.5) is 0 Å². The van der Waals surface area contributed by atoms with Gasteiger partial charge in [0.25, 0.3) is 0 Å². The van der Waals surface area contributed by atoms with E-state index in [0.29, 0.717) is 5.52 Å². The van der Waals surface area contributed by atoms with Gasteiger partial charge in [-0.1, -0.05) is 30.3 Å². The molecule has 0 bridgehead atoms. The second-order valence-electron chi connectivity index (χ2n) is 5.03. The molecule has 1 N–H and O–H groups in total. The minimum absolute atomic E-state index is 0.188. The second-order valence-corrected chi connectivity index (χ2v) is 5.03. The Balaban J connectivity index is 2.00. The molecule has 2 aromatic carbocycles. The SMILES string of the molecule is Cn1c(-c2ccc3cccc(O)c3n2)nc2ccccc21. The first kappa shape index (κ1) is 11.9. The Bertz CT molecular complexity index is 972. The molecule has 0 amide bonds. The average molecular weight is 275 g/mol. The number of para-hydroxylation sites is 3. The minimum atomic E-state index is 0.188. The number of aromatic nitrogens is 3. The van der Waals surface area contributed by atoms with E-state index in [9.17, 15) is 5.11 Å². The molecule has 0 aliphatic heterocycles. The summed E-state index contributed by atoms with van der Waals surface area (Å²) in [4.78, 5) is 9.21. The predicted octanol–water partition coefficient (Wildman–Crippen LogP) is 3.49. The molecule has 0 aliphatic carbocycles. The Hall–Kier alpha value is -2.88. The fraction of sp³-hybridized carbons (Fsp3) is 0.0588. The van der Waals surface area contributed by atoms with Crippen LogP contribution in [0.2, 0.25) is 0 Å². The number of hydrogen-bond donors (Lipinski definition) is 1. The van der Waals surface area contributed by atoms with E-state index in [4.69, 9.17) is 0 Å². The quantitative estimate of drug-likeness (QED) is 0.578. The van der Waals surface area contributed by atoms with E-state index in [2.05, 4.69) is 9.97 Å². The van der Waals surface area contributed by atoms with Crippen molar-refractivity contribution in [2.75, 3.05) is 0 Å². The highest BCUT2D eigenvalue weighted by atomic mass is 16.3. The Morgan fingerprint density at radius 3 is 2.62 bits per heavy atom. The van der Waals surface area contributed by atoms with Crippen molar-refractivity contribution < 1.29 is 5.11 Å². The van der Waals surface area contributed by atoms with Gasteiger partial charge in [-0.05, 0) is 24.3 Å². The number of fused-ring (bicyclic) bond motifs is 2. The summed E-state index contributed by atoms with van der Waals surface area (Å²) in [5.41, 5.74) is 3.35. The Labute approximate surface area is 121 Å². The molecule has 21 heavy (non-hydrogen) atoms. The summed E-state index contributed by atoms with van der Waals surface area (Å²) >= 11 is 0.